The van der Waals surface area contributed by atoms with Crippen molar-refractivity contribution in [1.82, 2.24) is 4.98 Å². The lowest BCUT2D eigenvalue weighted by atomic mass is 10.1. The summed E-state index contributed by atoms with van der Waals surface area (Å²) >= 11 is 0. The SMILES string of the molecule is CCOC(=O)Cc1cc(CN)c(OC(F)(F)F)nc1C(F)F. The van der Waals surface area contributed by atoms with E-state index in [2.05, 4.69) is 14.5 Å². The lowest BCUT2D eigenvalue weighted by molar-refractivity contribution is -0.276. The molecule has 0 radical (unpaired) electrons. The Morgan fingerprint density at radius 2 is 2.00 bits per heavy atom. The van der Waals surface area contributed by atoms with Crippen molar-refractivity contribution in [2.45, 2.75) is 32.7 Å². The molecule has 1 aromatic heterocycles. The number of hydrogen-bond donors (Lipinski definition) is 1. The first-order chi connectivity index (χ1) is 10.2. The third kappa shape index (κ3) is 5.10. The van der Waals surface area contributed by atoms with Crippen LogP contribution in [0.3, 0.4) is 0 Å². The first-order valence-electron chi connectivity index (χ1n) is 6.10. The van der Waals surface area contributed by atoms with E-state index in [0.717, 1.165) is 6.07 Å². The molecule has 124 valence electrons. The fourth-order valence-electron chi connectivity index (χ4n) is 1.64. The maximum absolute atomic E-state index is 12.9. The second-order valence-corrected chi connectivity index (χ2v) is 4.03. The van der Waals surface area contributed by atoms with Gasteiger partial charge in [-0.2, -0.15) is 0 Å². The number of hydrogen-bond acceptors (Lipinski definition) is 5. The number of carbonyl (C=O) groups excluding carboxylic acids is 1. The second-order valence-electron chi connectivity index (χ2n) is 4.03. The smallest absolute Gasteiger partial charge is 0.466 e. The highest BCUT2D eigenvalue weighted by Gasteiger charge is 2.34. The molecule has 0 amide bonds. The number of rotatable bonds is 6. The van der Waals surface area contributed by atoms with Crippen LogP contribution in [-0.4, -0.2) is 23.9 Å². The molecule has 0 aromatic carbocycles. The molecule has 1 rings (SSSR count). The van der Waals surface area contributed by atoms with E-state index >= 15 is 0 Å². The number of pyridine rings is 1. The lowest BCUT2D eigenvalue weighted by Crippen LogP contribution is -2.21. The number of alkyl halides is 5. The summed E-state index contributed by atoms with van der Waals surface area (Å²) in [6.45, 7) is 1.13. The first-order valence-corrected chi connectivity index (χ1v) is 6.10. The van der Waals surface area contributed by atoms with Crippen molar-refractivity contribution in [1.29, 1.82) is 0 Å². The largest absolute Gasteiger partial charge is 0.574 e. The standard InChI is InChI=1S/C12H13F5N2O3/c1-2-21-8(20)4-6-3-7(5-18)11(22-12(15,16)17)19-9(6)10(13)14/h3,10H,2,4-5,18H2,1H3. The Kier molecular flexibility index (Phi) is 6.03. The molecular weight excluding hydrogens is 315 g/mol. The normalized spacial score (nSPS) is 11.6. The van der Waals surface area contributed by atoms with Crippen molar-refractivity contribution in [2.75, 3.05) is 6.61 Å². The Bertz CT molecular complexity index is 534. The molecule has 0 aliphatic heterocycles. The van der Waals surface area contributed by atoms with Crippen LogP contribution in [0, 0.1) is 0 Å². The van der Waals surface area contributed by atoms with Gasteiger partial charge in [0.1, 0.15) is 5.69 Å². The van der Waals surface area contributed by atoms with Crippen molar-refractivity contribution < 1.29 is 36.2 Å². The predicted octanol–water partition coefficient (Wildman–Crippen LogP) is 2.48. The number of esters is 1. The van der Waals surface area contributed by atoms with Crippen LogP contribution < -0.4 is 10.5 Å². The molecule has 5 nitrogen and oxygen atoms in total. The van der Waals surface area contributed by atoms with E-state index in [4.69, 9.17) is 5.73 Å². The molecule has 0 atom stereocenters. The summed E-state index contributed by atoms with van der Waals surface area (Å²) in [6, 6.07) is 0.937. The zero-order chi connectivity index (χ0) is 16.9. The highest BCUT2D eigenvalue weighted by molar-refractivity contribution is 5.73. The van der Waals surface area contributed by atoms with Crippen molar-refractivity contribution >= 4 is 5.97 Å². The van der Waals surface area contributed by atoms with Crippen LogP contribution in [0.25, 0.3) is 0 Å². The summed E-state index contributed by atoms with van der Waals surface area (Å²) in [5, 5.41) is 0. The maximum Gasteiger partial charge on any atom is 0.574 e. The molecule has 0 unspecified atom stereocenters. The summed E-state index contributed by atoms with van der Waals surface area (Å²) in [7, 11) is 0. The topological polar surface area (TPSA) is 74.4 Å². The van der Waals surface area contributed by atoms with Gasteiger partial charge in [0.05, 0.1) is 13.0 Å². The molecule has 2 N–H and O–H groups in total. The molecule has 0 saturated carbocycles. The third-order valence-electron chi connectivity index (χ3n) is 2.45. The van der Waals surface area contributed by atoms with E-state index in [-0.39, 0.29) is 17.7 Å². The summed E-state index contributed by atoms with van der Waals surface area (Å²) in [4.78, 5) is 14.5. The molecular formula is C12H13F5N2O3. The molecule has 10 heteroatoms. The number of carbonyl (C=O) groups is 1. The zero-order valence-corrected chi connectivity index (χ0v) is 11.4. The van der Waals surface area contributed by atoms with Gasteiger partial charge in [-0.25, -0.2) is 13.8 Å². The molecule has 0 aliphatic carbocycles. The van der Waals surface area contributed by atoms with E-state index in [0.29, 0.717) is 0 Å². The summed E-state index contributed by atoms with van der Waals surface area (Å²) in [6.07, 6.45) is -8.84. The predicted molar refractivity (Wildman–Crippen MR) is 64.1 cm³/mol. The summed E-state index contributed by atoms with van der Waals surface area (Å²) < 4.78 is 70.8. The number of halogens is 5. The molecule has 1 aromatic rings. The Balaban J connectivity index is 3.24. The molecule has 0 saturated heterocycles. The fourth-order valence-corrected chi connectivity index (χ4v) is 1.64. The van der Waals surface area contributed by atoms with Crippen molar-refractivity contribution in [3.8, 4) is 5.88 Å². The Morgan fingerprint density at radius 1 is 1.36 bits per heavy atom. The van der Waals surface area contributed by atoms with Gasteiger partial charge in [0.2, 0.25) is 5.88 Å². The van der Waals surface area contributed by atoms with E-state index in [1.807, 2.05) is 0 Å². The van der Waals surface area contributed by atoms with Crippen LogP contribution in [-0.2, 0) is 22.5 Å². The van der Waals surface area contributed by atoms with Gasteiger partial charge in [-0.1, -0.05) is 0 Å². The Hall–Kier alpha value is -1.97. The molecule has 0 spiro atoms. The minimum atomic E-state index is -5.10. The second kappa shape index (κ2) is 7.34. The minimum absolute atomic E-state index is 0.0370. The zero-order valence-electron chi connectivity index (χ0n) is 11.4. The number of nitrogens with zero attached hydrogens (tertiary/aromatic N) is 1. The van der Waals surface area contributed by atoms with Gasteiger partial charge in [0.15, 0.2) is 0 Å². The van der Waals surface area contributed by atoms with Crippen LogP contribution in [0.1, 0.15) is 30.2 Å². The first kappa shape index (κ1) is 18.1. The van der Waals surface area contributed by atoms with E-state index in [1.54, 1.807) is 0 Å². The molecule has 0 fully saturated rings. The van der Waals surface area contributed by atoms with Gasteiger partial charge in [-0.15, -0.1) is 13.2 Å². The molecule has 0 bridgehead atoms. The Labute approximate surface area is 122 Å². The maximum atomic E-state index is 12.9. The van der Waals surface area contributed by atoms with Crippen molar-refractivity contribution in [3.05, 3.63) is 22.9 Å². The third-order valence-corrected chi connectivity index (χ3v) is 2.45. The van der Waals surface area contributed by atoms with E-state index < -0.39 is 43.3 Å². The lowest BCUT2D eigenvalue weighted by Gasteiger charge is -2.15. The van der Waals surface area contributed by atoms with Crippen LogP contribution in [0.2, 0.25) is 0 Å². The van der Waals surface area contributed by atoms with Crippen molar-refractivity contribution in [2.24, 2.45) is 5.73 Å². The highest BCUT2D eigenvalue weighted by atomic mass is 19.4. The van der Waals surface area contributed by atoms with Gasteiger partial charge in [-0.3, -0.25) is 4.79 Å². The number of aromatic nitrogens is 1. The molecule has 0 aliphatic rings. The van der Waals surface area contributed by atoms with Crippen molar-refractivity contribution in [3.63, 3.8) is 0 Å². The van der Waals surface area contributed by atoms with Gasteiger partial charge in [0.25, 0.3) is 6.43 Å². The number of ether oxygens (including phenoxy) is 2. The summed E-state index contributed by atoms with van der Waals surface area (Å²) in [5.41, 5.74) is 3.77. The van der Waals surface area contributed by atoms with Gasteiger partial charge < -0.3 is 15.2 Å². The average molecular weight is 328 g/mol. The van der Waals surface area contributed by atoms with Gasteiger partial charge >= 0.3 is 12.3 Å². The molecule has 1 heterocycles. The van der Waals surface area contributed by atoms with Crippen LogP contribution >= 0.6 is 0 Å². The summed E-state index contributed by atoms with van der Waals surface area (Å²) in [5.74, 6) is -1.86. The highest BCUT2D eigenvalue weighted by Crippen LogP contribution is 2.30. The fraction of sp³-hybridized carbons (Fsp3) is 0.500. The minimum Gasteiger partial charge on any atom is -0.466 e. The van der Waals surface area contributed by atoms with Crippen LogP contribution in [0.4, 0.5) is 22.0 Å². The monoisotopic (exact) mass is 328 g/mol. The Morgan fingerprint density at radius 3 is 2.45 bits per heavy atom. The van der Waals surface area contributed by atoms with Gasteiger partial charge in [0, 0.05) is 12.1 Å². The van der Waals surface area contributed by atoms with E-state index in [9.17, 15) is 26.7 Å². The van der Waals surface area contributed by atoms with Gasteiger partial charge in [-0.05, 0) is 18.6 Å². The molecule has 22 heavy (non-hydrogen) atoms. The number of nitrogens with two attached hydrogens (primary N) is 1. The van der Waals surface area contributed by atoms with E-state index in [1.165, 1.54) is 6.92 Å². The quantitative estimate of drug-likeness (QED) is 0.641. The van der Waals surface area contributed by atoms with Crippen LogP contribution in [0.5, 0.6) is 5.88 Å². The van der Waals surface area contributed by atoms with Crippen LogP contribution in [0.15, 0.2) is 6.07 Å². The average Bonchev–Trinajstić information content (AvgIpc) is 2.38.